The summed E-state index contributed by atoms with van der Waals surface area (Å²) in [4.78, 5) is 0.842. The van der Waals surface area contributed by atoms with Crippen molar-refractivity contribution in [3.63, 3.8) is 0 Å². The molecule has 1 aromatic carbocycles. The lowest BCUT2D eigenvalue weighted by Crippen LogP contribution is -1.97. The molecule has 96 valence electrons. The first-order valence-electron chi connectivity index (χ1n) is 5.63. The number of aliphatic hydroxyl groups excluding tert-OH is 1. The van der Waals surface area contributed by atoms with Gasteiger partial charge in [0.2, 0.25) is 0 Å². The summed E-state index contributed by atoms with van der Waals surface area (Å²) in [5.74, 6) is -0.337. The van der Waals surface area contributed by atoms with Crippen LogP contribution in [-0.2, 0) is 7.05 Å². The van der Waals surface area contributed by atoms with E-state index < -0.39 is 6.10 Å². The third-order valence-corrected chi connectivity index (χ3v) is 3.78. The van der Waals surface area contributed by atoms with Crippen LogP contribution >= 0.6 is 11.8 Å². The summed E-state index contributed by atoms with van der Waals surface area (Å²) in [5.41, 5.74) is 1.53. The maximum Gasteiger partial charge on any atom is 0.123 e. The molecule has 1 heterocycles. The first kappa shape index (κ1) is 13.1. The lowest BCUT2D eigenvalue weighted by molar-refractivity contribution is 0.196. The molecule has 0 unspecified atom stereocenters. The summed E-state index contributed by atoms with van der Waals surface area (Å²) in [5, 5.41) is 14.9. The molecule has 0 bridgehead atoms. The average Bonchev–Trinajstić information content (AvgIpc) is 2.60. The Hall–Kier alpha value is -1.33. The summed E-state index contributed by atoms with van der Waals surface area (Å²) in [6.07, 6.45) is -0.697. The molecule has 0 aliphatic rings. The average molecular weight is 266 g/mol. The lowest BCUT2D eigenvalue weighted by atomic mass is 10.1. The van der Waals surface area contributed by atoms with Crippen molar-refractivity contribution in [3.05, 3.63) is 41.3 Å². The number of hydrogen-bond donors (Lipinski definition) is 1. The highest BCUT2D eigenvalue weighted by Gasteiger charge is 2.12. The van der Waals surface area contributed by atoms with Crippen molar-refractivity contribution < 1.29 is 9.50 Å². The molecule has 0 amide bonds. The molecule has 2 rings (SSSR count). The molecule has 0 saturated carbocycles. The molecule has 5 heteroatoms. The van der Waals surface area contributed by atoms with Crippen LogP contribution in [0, 0.1) is 12.7 Å². The lowest BCUT2D eigenvalue weighted by Gasteiger charge is -2.11. The van der Waals surface area contributed by atoms with Crippen molar-refractivity contribution in [1.82, 2.24) is 9.78 Å². The number of aliphatic hydroxyl groups is 1. The van der Waals surface area contributed by atoms with Crippen LogP contribution in [-0.4, -0.2) is 14.9 Å². The first-order valence-corrected chi connectivity index (χ1v) is 6.45. The third-order valence-electron chi connectivity index (χ3n) is 2.60. The molecule has 0 radical (unpaired) electrons. The van der Waals surface area contributed by atoms with Gasteiger partial charge < -0.3 is 5.11 Å². The highest BCUT2D eigenvalue weighted by molar-refractivity contribution is 7.99. The number of aryl methyl sites for hydroxylation is 2. The van der Waals surface area contributed by atoms with Crippen molar-refractivity contribution in [2.24, 2.45) is 7.05 Å². The van der Waals surface area contributed by atoms with Gasteiger partial charge in [0.05, 0.1) is 16.8 Å². The van der Waals surface area contributed by atoms with Crippen LogP contribution in [0.2, 0.25) is 0 Å². The maximum absolute atomic E-state index is 13.2. The molecule has 1 N–H and O–H groups in total. The highest BCUT2D eigenvalue weighted by Crippen LogP contribution is 2.33. The predicted octanol–water partition coefficient (Wildman–Crippen LogP) is 3.07. The normalized spacial score (nSPS) is 12.7. The number of hydrogen-bond acceptors (Lipinski definition) is 3. The van der Waals surface area contributed by atoms with Crippen molar-refractivity contribution in [2.75, 3.05) is 0 Å². The Morgan fingerprint density at radius 2 is 2.11 bits per heavy atom. The fourth-order valence-electron chi connectivity index (χ4n) is 1.73. The molecule has 0 saturated heterocycles. The summed E-state index contributed by atoms with van der Waals surface area (Å²) in [6.45, 7) is 3.55. The van der Waals surface area contributed by atoms with Gasteiger partial charge in [0.25, 0.3) is 0 Å². The van der Waals surface area contributed by atoms with Gasteiger partial charge in [-0.25, -0.2) is 4.39 Å². The van der Waals surface area contributed by atoms with E-state index in [4.69, 9.17) is 0 Å². The van der Waals surface area contributed by atoms with E-state index >= 15 is 0 Å². The van der Waals surface area contributed by atoms with Crippen LogP contribution in [0.25, 0.3) is 0 Å². The standard InChI is InChI=1S/C13H15FN2OS/c1-8-6-13(16(3)15-8)18-12-5-4-10(14)7-11(12)9(2)17/h4-7,9,17H,1-3H3/t9-/m0/s1. The Morgan fingerprint density at radius 3 is 2.67 bits per heavy atom. The van der Waals surface area contributed by atoms with E-state index in [1.807, 2.05) is 20.0 Å². The van der Waals surface area contributed by atoms with Crippen molar-refractivity contribution in [2.45, 2.75) is 29.9 Å². The predicted molar refractivity (Wildman–Crippen MR) is 69.1 cm³/mol. The van der Waals surface area contributed by atoms with Gasteiger partial charge in [-0.1, -0.05) is 11.8 Å². The summed E-state index contributed by atoms with van der Waals surface area (Å²) < 4.78 is 15.0. The van der Waals surface area contributed by atoms with Crippen molar-refractivity contribution >= 4 is 11.8 Å². The maximum atomic E-state index is 13.2. The molecule has 1 atom stereocenters. The molecular formula is C13H15FN2OS. The van der Waals surface area contributed by atoms with Gasteiger partial charge in [-0.15, -0.1) is 0 Å². The quantitative estimate of drug-likeness (QED) is 0.927. The van der Waals surface area contributed by atoms with Gasteiger partial charge in [0.1, 0.15) is 5.82 Å². The topological polar surface area (TPSA) is 38.0 Å². The Labute approximate surface area is 110 Å². The minimum Gasteiger partial charge on any atom is -0.389 e. The fourth-order valence-corrected chi connectivity index (χ4v) is 2.84. The number of aromatic nitrogens is 2. The number of nitrogens with zero attached hydrogens (tertiary/aromatic N) is 2. The van der Waals surface area contributed by atoms with Crippen LogP contribution in [0.1, 0.15) is 24.3 Å². The van der Waals surface area contributed by atoms with Gasteiger partial charge in [-0.2, -0.15) is 5.10 Å². The minimum atomic E-state index is -0.697. The van der Waals surface area contributed by atoms with Gasteiger partial charge in [0.15, 0.2) is 0 Å². The number of benzene rings is 1. The second-order valence-corrected chi connectivity index (χ2v) is 5.27. The van der Waals surface area contributed by atoms with Crippen molar-refractivity contribution in [1.29, 1.82) is 0 Å². The Kier molecular flexibility index (Phi) is 3.73. The van der Waals surface area contributed by atoms with E-state index in [9.17, 15) is 9.50 Å². The molecule has 0 spiro atoms. The SMILES string of the molecule is Cc1cc(Sc2ccc(F)cc2[C@H](C)O)n(C)n1. The molecular weight excluding hydrogens is 251 g/mol. The first-order chi connectivity index (χ1) is 8.47. The number of rotatable bonds is 3. The monoisotopic (exact) mass is 266 g/mol. The van der Waals surface area contributed by atoms with Crippen LogP contribution in [0.4, 0.5) is 4.39 Å². The van der Waals surface area contributed by atoms with E-state index in [2.05, 4.69) is 5.10 Å². The highest BCUT2D eigenvalue weighted by atomic mass is 32.2. The Bertz CT molecular complexity index is 566. The van der Waals surface area contributed by atoms with Gasteiger partial charge in [0, 0.05) is 11.9 Å². The van der Waals surface area contributed by atoms with E-state index in [0.29, 0.717) is 5.56 Å². The molecule has 2 aromatic rings. The molecule has 0 fully saturated rings. The fraction of sp³-hybridized carbons (Fsp3) is 0.308. The second-order valence-electron chi connectivity index (χ2n) is 4.21. The second kappa shape index (κ2) is 5.12. The zero-order valence-corrected chi connectivity index (χ0v) is 11.3. The molecule has 3 nitrogen and oxygen atoms in total. The summed E-state index contributed by atoms with van der Waals surface area (Å²) in [6, 6.07) is 6.41. The van der Waals surface area contributed by atoms with Crippen LogP contribution < -0.4 is 0 Å². The summed E-state index contributed by atoms with van der Waals surface area (Å²) in [7, 11) is 1.86. The van der Waals surface area contributed by atoms with Crippen LogP contribution in [0.3, 0.4) is 0 Å². The smallest absolute Gasteiger partial charge is 0.123 e. The van der Waals surface area contributed by atoms with Crippen LogP contribution in [0.5, 0.6) is 0 Å². The zero-order chi connectivity index (χ0) is 13.3. The Morgan fingerprint density at radius 1 is 1.39 bits per heavy atom. The Balaban J connectivity index is 2.37. The van der Waals surface area contributed by atoms with Crippen molar-refractivity contribution in [3.8, 4) is 0 Å². The summed E-state index contributed by atoms with van der Waals surface area (Å²) >= 11 is 1.47. The number of halogens is 1. The molecule has 18 heavy (non-hydrogen) atoms. The molecule has 1 aromatic heterocycles. The zero-order valence-electron chi connectivity index (χ0n) is 10.5. The minimum absolute atomic E-state index is 0.337. The van der Waals surface area contributed by atoms with E-state index in [0.717, 1.165) is 15.6 Å². The van der Waals surface area contributed by atoms with Gasteiger partial charge in [-0.05, 0) is 43.7 Å². The van der Waals surface area contributed by atoms with Crippen LogP contribution in [0.15, 0.2) is 34.2 Å². The van der Waals surface area contributed by atoms with E-state index in [-0.39, 0.29) is 5.82 Å². The third kappa shape index (κ3) is 2.73. The molecule has 0 aliphatic heterocycles. The van der Waals surface area contributed by atoms with E-state index in [1.54, 1.807) is 17.7 Å². The van der Waals surface area contributed by atoms with Gasteiger partial charge in [-0.3, -0.25) is 4.68 Å². The van der Waals surface area contributed by atoms with Gasteiger partial charge >= 0.3 is 0 Å². The largest absolute Gasteiger partial charge is 0.389 e. The molecule has 0 aliphatic carbocycles. The van der Waals surface area contributed by atoms with E-state index in [1.165, 1.54) is 23.9 Å².